The summed E-state index contributed by atoms with van der Waals surface area (Å²) in [7, 11) is 0. The SMILES string of the molecule is CC1CC2CNCC2N1C(=O)C1CC2C=CC1C2. The second-order valence-electron chi connectivity index (χ2n) is 6.70. The minimum atomic E-state index is 0.293. The van der Waals surface area contributed by atoms with Gasteiger partial charge in [-0.1, -0.05) is 12.2 Å². The van der Waals surface area contributed by atoms with Crippen LogP contribution in [0.1, 0.15) is 26.2 Å². The van der Waals surface area contributed by atoms with Gasteiger partial charge in [-0.05, 0) is 43.9 Å². The molecule has 0 spiro atoms. The molecule has 4 aliphatic rings. The van der Waals surface area contributed by atoms with E-state index in [4.69, 9.17) is 0 Å². The first-order valence-corrected chi connectivity index (χ1v) is 7.45. The first-order valence-electron chi connectivity index (χ1n) is 7.45. The fourth-order valence-corrected chi connectivity index (χ4v) is 4.80. The van der Waals surface area contributed by atoms with E-state index in [1.165, 1.54) is 12.8 Å². The average molecular weight is 246 g/mol. The summed E-state index contributed by atoms with van der Waals surface area (Å²) < 4.78 is 0. The van der Waals surface area contributed by atoms with Crippen LogP contribution < -0.4 is 5.32 Å². The maximum atomic E-state index is 12.9. The molecule has 0 aromatic heterocycles. The molecule has 1 amide bonds. The third kappa shape index (κ3) is 1.43. The van der Waals surface area contributed by atoms with E-state index in [1.807, 2.05) is 0 Å². The Morgan fingerprint density at radius 1 is 1.22 bits per heavy atom. The van der Waals surface area contributed by atoms with Gasteiger partial charge in [0.2, 0.25) is 5.91 Å². The lowest BCUT2D eigenvalue weighted by Crippen LogP contribution is -2.46. The van der Waals surface area contributed by atoms with Crippen molar-refractivity contribution >= 4 is 5.91 Å². The van der Waals surface area contributed by atoms with E-state index in [-0.39, 0.29) is 0 Å². The van der Waals surface area contributed by atoms with E-state index in [1.54, 1.807) is 0 Å². The summed E-state index contributed by atoms with van der Waals surface area (Å²) in [5, 5.41) is 3.45. The maximum Gasteiger partial charge on any atom is 0.226 e. The molecule has 0 radical (unpaired) electrons. The van der Waals surface area contributed by atoms with Crippen LogP contribution in [0.25, 0.3) is 0 Å². The number of nitrogens with zero attached hydrogens (tertiary/aromatic N) is 1. The monoisotopic (exact) mass is 246 g/mol. The molecule has 1 N–H and O–H groups in total. The minimum absolute atomic E-state index is 0.293. The van der Waals surface area contributed by atoms with Crippen molar-refractivity contribution in [1.82, 2.24) is 10.2 Å². The van der Waals surface area contributed by atoms with Crippen molar-refractivity contribution in [3.63, 3.8) is 0 Å². The summed E-state index contributed by atoms with van der Waals surface area (Å²) in [6.07, 6.45) is 8.14. The Labute approximate surface area is 109 Å². The number of nitrogens with one attached hydrogen (secondary N) is 1. The van der Waals surface area contributed by atoms with Crippen LogP contribution in [0, 0.1) is 23.7 Å². The lowest BCUT2D eigenvalue weighted by atomic mass is 9.91. The predicted octanol–water partition coefficient (Wildman–Crippen LogP) is 1.41. The second-order valence-corrected chi connectivity index (χ2v) is 6.70. The van der Waals surface area contributed by atoms with Crippen LogP contribution in [0.5, 0.6) is 0 Å². The molecule has 0 aromatic rings. The summed E-state index contributed by atoms with van der Waals surface area (Å²) >= 11 is 0. The van der Waals surface area contributed by atoms with Crippen LogP contribution in [0.3, 0.4) is 0 Å². The van der Waals surface area contributed by atoms with Crippen LogP contribution in [0.15, 0.2) is 12.2 Å². The Kier molecular flexibility index (Phi) is 2.35. The standard InChI is InChI=1S/C15H22N2O/c1-9-4-12-7-16-8-14(12)17(9)15(18)13-6-10-2-3-11(13)5-10/h2-3,9-14,16H,4-8H2,1H3. The van der Waals surface area contributed by atoms with Crippen molar-refractivity contribution in [3.8, 4) is 0 Å². The van der Waals surface area contributed by atoms with E-state index in [0.29, 0.717) is 41.7 Å². The highest BCUT2D eigenvalue weighted by atomic mass is 16.2. The molecule has 2 bridgehead atoms. The van der Waals surface area contributed by atoms with E-state index >= 15 is 0 Å². The van der Waals surface area contributed by atoms with E-state index < -0.39 is 0 Å². The number of amides is 1. The first-order chi connectivity index (χ1) is 8.74. The smallest absolute Gasteiger partial charge is 0.226 e. The van der Waals surface area contributed by atoms with Crippen LogP contribution in [-0.2, 0) is 4.79 Å². The third-order valence-corrected chi connectivity index (χ3v) is 5.63. The normalized spacial score (nSPS) is 49.1. The number of hydrogen-bond acceptors (Lipinski definition) is 2. The summed E-state index contributed by atoms with van der Waals surface area (Å²) in [6.45, 7) is 4.35. The van der Waals surface area contributed by atoms with Gasteiger partial charge in [0.1, 0.15) is 0 Å². The highest BCUT2D eigenvalue weighted by Crippen LogP contribution is 2.45. The molecule has 3 fully saturated rings. The minimum Gasteiger partial charge on any atom is -0.335 e. The maximum absolute atomic E-state index is 12.9. The van der Waals surface area contributed by atoms with E-state index in [9.17, 15) is 4.79 Å². The second kappa shape index (κ2) is 3.83. The largest absolute Gasteiger partial charge is 0.335 e. The number of carbonyl (C=O) groups excluding carboxylic acids is 1. The van der Waals surface area contributed by atoms with Gasteiger partial charge < -0.3 is 10.2 Å². The molecule has 3 heteroatoms. The average Bonchev–Trinajstić information content (AvgIpc) is 3.05. The fraction of sp³-hybridized carbons (Fsp3) is 0.800. The number of fused-ring (bicyclic) bond motifs is 3. The van der Waals surface area contributed by atoms with Crippen molar-refractivity contribution in [3.05, 3.63) is 12.2 Å². The number of carbonyl (C=O) groups is 1. The molecule has 2 aliphatic heterocycles. The summed E-state index contributed by atoms with van der Waals surface area (Å²) in [6, 6.07) is 0.938. The van der Waals surface area contributed by atoms with Crippen molar-refractivity contribution in [2.24, 2.45) is 23.7 Å². The van der Waals surface area contributed by atoms with Gasteiger partial charge >= 0.3 is 0 Å². The lowest BCUT2D eigenvalue weighted by molar-refractivity contribution is -0.139. The fourth-order valence-electron chi connectivity index (χ4n) is 4.80. The molecular formula is C15H22N2O. The van der Waals surface area contributed by atoms with Gasteiger partial charge in [-0.2, -0.15) is 0 Å². The Morgan fingerprint density at radius 3 is 2.83 bits per heavy atom. The first kappa shape index (κ1) is 11.0. The Morgan fingerprint density at radius 2 is 2.11 bits per heavy atom. The number of hydrogen-bond donors (Lipinski definition) is 1. The van der Waals surface area contributed by atoms with Crippen LogP contribution in [-0.4, -0.2) is 36.0 Å². The summed E-state index contributed by atoms with van der Waals surface area (Å²) in [4.78, 5) is 15.1. The Hall–Kier alpha value is -0.830. The molecule has 2 aliphatic carbocycles. The van der Waals surface area contributed by atoms with Crippen molar-refractivity contribution in [1.29, 1.82) is 0 Å². The van der Waals surface area contributed by atoms with Crippen molar-refractivity contribution in [2.75, 3.05) is 13.1 Å². The summed E-state index contributed by atoms with van der Waals surface area (Å²) in [5.41, 5.74) is 0. The zero-order valence-corrected chi connectivity index (χ0v) is 11.0. The van der Waals surface area contributed by atoms with E-state index in [0.717, 1.165) is 19.5 Å². The highest BCUT2D eigenvalue weighted by Gasteiger charge is 2.49. The van der Waals surface area contributed by atoms with Gasteiger partial charge in [0.15, 0.2) is 0 Å². The Bertz CT molecular complexity index is 405. The van der Waals surface area contributed by atoms with Crippen LogP contribution >= 0.6 is 0 Å². The van der Waals surface area contributed by atoms with Gasteiger partial charge in [-0.3, -0.25) is 4.79 Å². The number of likely N-dealkylation sites (tertiary alicyclic amines) is 1. The summed E-state index contributed by atoms with van der Waals surface area (Å²) in [5.74, 6) is 2.69. The Balaban J connectivity index is 1.55. The third-order valence-electron chi connectivity index (χ3n) is 5.63. The predicted molar refractivity (Wildman–Crippen MR) is 69.9 cm³/mol. The van der Waals surface area contributed by atoms with Gasteiger partial charge in [0.25, 0.3) is 0 Å². The molecular weight excluding hydrogens is 224 g/mol. The van der Waals surface area contributed by atoms with Gasteiger partial charge in [-0.15, -0.1) is 0 Å². The van der Waals surface area contributed by atoms with Crippen molar-refractivity contribution < 1.29 is 4.79 Å². The van der Waals surface area contributed by atoms with Crippen LogP contribution in [0.4, 0.5) is 0 Å². The molecule has 6 unspecified atom stereocenters. The molecule has 0 aromatic carbocycles. The topological polar surface area (TPSA) is 32.3 Å². The molecule has 2 saturated heterocycles. The number of rotatable bonds is 1. The molecule has 1 saturated carbocycles. The zero-order chi connectivity index (χ0) is 12.3. The number of allylic oxidation sites excluding steroid dienone is 2. The highest BCUT2D eigenvalue weighted by molar-refractivity contribution is 5.81. The van der Waals surface area contributed by atoms with Crippen LogP contribution in [0.2, 0.25) is 0 Å². The molecule has 3 nitrogen and oxygen atoms in total. The molecule has 2 heterocycles. The molecule has 98 valence electrons. The molecule has 6 atom stereocenters. The van der Waals surface area contributed by atoms with Gasteiger partial charge in [-0.25, -0.2) is 0 Å². The van der Waals surface area contributed by atoms with Crippen molar-refractivity contribution in [2.45, 2.75) is 38.3 Å². The zero-order valence-electron chi connectivity index (χ0n) is 11.0. The van der Waals surface area contributed by atoms with E-state index in [2.05, 4.69) is 29.3 Å². The van der Waals surface area contributed by atoms with Gasteiger partial charge in [0, 0.05) is 31.1 Å². The lowest BCUT2D eigenvalue weighted by Gasteiger charge is -2.32. The van der Waals surface area contributed by atoms with Gasteiger partial charge in [0.05, 0.1) is 0 Å². The quantitative estimate of drug-likeness (QED) is 0.709. The molecule has 4 rings (SSSR count). The molecule has 18 heavy (non-hydrogen) atoms.